The first kappa shape index (κ1) is 18.2. The Morgan fingerprint density at radius 1 is 1.00 bits per heavy atom. The van der Waals surface area contributed by atoms with Crippen molar-refractivity contribution in [2.24, 2.45) is 0 Å². The predicted molar refractivity (Wildman–Crippen MR) is 101 cm³/mol. The Kier molecular flexibility index (Phi) is 6.04. The van der Waals surface area contributed by atoms with Gasteiger partial charge < -0.3 is 18.8 Å². The predicted octanol–water partition coefficient (Wildman–Crippen LogP) is 2.03. The van der Waals surface area contributed by atoms with Crippen LogP contribution in [-0.4, -0.2) is 27.4 Å². The van der Waals surface area contributed by atoms with Gasteiger partial charge in [-0.25, -0.2) is 4.79 Å². The number of rotatable bonds is 8. The van der Waals surface area contributed by atoms with Gasteiger partial charge in [0.2, 0.25) is 0 Å². The third-order valence-electron chi connectivity index (χ3n) is 4.43. The van der Waals surface area contributed by atoms with Crippen molar-refractivity contribution in [3.63, 3.8) is 0 Å². The van der Waals surface area contributed by atoms with Gasteiger partial charge in [0, 0.05) is 35.8 Å². The Hall–Kier alpha value is -2.63. The van der Waals surface area contributed by atoms with Crippen molar-refractivity contribution in [2.75, 3.05) is 27.4 Å². The standard InChI is InChI=1S/C21H23NO4/c1-24-11-10-22(14-16-6-4-3-5-7-16)15-17-12-21(23)26-20-13-18(25-2)8-9-19(17)20/h3-9,12-13H,10-11,14-15H2,1-2H3/p+1. The minimum atomic E-state index is -0.341. The quantitative estimate of drug-likeness (QED) is 0.629. The second-order valence-electron chi connectivity index (χ2n) is 6.28. The molecule has 1 atom stereocenters. The maximum atomic E-state index is 12.0. The summed E-state index contributed by atoms with van der Waals surface area (Å²) in [6, 6.07) is 17.5. The van der Waals surface area contributed by atoms with E-state index in [9.17, 15) is 4.79 Å². The summed E-state index contributed by atoms with van der Waals surface area (Å²) >= 11 is 0. The van der Waals surface area contributed by atoms with Crippen LogP contribution in [0.2, 0.25) is 0 Å². The lowest BCUT2D eigenvalue weighted by Crippen LogP contribution is -3.09. The highest BCUT2D eigenvalue weighted by Crippen LogP contribution is 2.22. The van der Waals surface area contributed by atoms with Gasteiger partial charge >= 0.3 is 5.63 Å². The van der Waals surface area contributed by atoms with Crippen molar-refractivity contribution in [1.29, 1.82) is 0 Å². The van der Waals surface area contributed by atoms with Crippen molar-refractivity contribution in [3.8, 4) is 5.75 Å². The zero-order valence-corrected chi connectivity index (χ0v) is 15.2. The zero-order chi connectivity index (χ0) is 18.4. The third-order valence-corrected chi connectivity index (χ3v) is 4.43. The lowest BCUT2D eigenvalue weighted by Gasteiger charge is -2.20. The molecule has 0 aliphatic rings. The first-order valence-electron chi connectivity index (χ1n) is 8.67. The maximum absolute atomic E-state index is 12.0. The van der Waals surface area contributed by atoms with Crippen LogP contribution < -0.4 is 15.3 Å². The third kappa shape index (κ3) is 4.50. The summed E-state index contributed by atoms with van der Waals surface area (Å²) in [5, 5.41) is 0.938. The maximum Gasteiger partial charge on any atom is 0.336 e. The molecule has 3 rings (SSSR count). The Bertz CT molecular complexity index is 905. The second kappa shape index (κ2) is 8.65. The van der Waals surface area contributed by atoms with Crippen LogP contribution in [0.15, 0.2) is 63.8 Å². The molecule has 1 N–H and O–H groups in total. The van der Waals surface area contributed by atoms with Gasteiger partial charge in [-0.2, -0.15) is 0 Å². The van der Waals surface area contributed by atoms with Gasteiger partial charge in [0.25, 0.3) is 0 Å². The zero-order valence-electron chi connectivity index (χ0n) is 15.2. The van der Waals surface area contributed by atoms with E-state index in [2.05, 4.69) is 12.1 Å². The van der Waals surface area contributed by atoms with Gasteiger partial charge in [-0.3, -0.25) is 0 Å². The highest BCUT2D eigenvalue weighted by molar-refractivity contribution is 5.81. The second-order valence-corrected chi connectivity index (χ2v) is 6.28. The van der Waals surface area contributed by atoms with E-state index >= 15 is 0 Å². The van der Waals surface area contributed by atoms with Gasteiger partial charge in [0.15, 0.2) is 0 Å². The summed E-state index contributed by atoms with van der Waals surface area (Å²) in [5.41, 5.74) is 2.44. The van der Waals surface area contributed by atoms with E-state index in [1.54, 1.807) is 26.4 Å². The van der Waals surface area contributed by atoms with Gasteiger partial charge in [0.05, 0.1) is 13.7 Å². The van der Waals surface area contributed by atoms with Crippen LogP contribution in [-0.2, 0) is 17.8 Å². The number of fused-ring (bicyclic) bond motifs is 1. The summed E-state index contributed by atoms with van der Waals surface area (Å²) in [6.45, 7) is 3.09. The molecule has 136 valence electrons. The molecule has 0 bridgehead atoms. The summed E-state index contributed by atoms with van der Waals surface area (Å²) in [5.74, 6) is 0.672. The number of benzene rings is 2. The first-order chi connectivity index (χ1) is 12.7. The molecule has 1 aromatic heterocycles. The molecular weight excluding hydrogens is 330 g/mol. The molecule has 26 heavy (non-hydrogen) atoms. The SMILES string of the molecule is COCC[NH+](Cc1ccccc1)Cc1cc(=O)oc2cc(OC)ccc12. The number of quaternary nitrogens is 1. The van der Waals surface area contributed by atoms with Crippen LogP contribution in [0.1, 0.15) is 11.1 Å². The molecule has 0 aliphatic carbocycles. The van der Waals surface area contributed by atoms with E-state index in [-0.39, 0.29) is 5.63 Å². The van der Waals surface area contributed by atoms with Crippen molar-refractivity contribution >= 4 is 11.0 Å². The molecule has 0 saturated heterocycles. The summed E-state index contributed by atoms with van der Waals surface area (Å²) < 4.78 is 15.9. The van der Waals surface area contributed by atoms with E-state index in [0.717, 1.165) is 24.0 Å². The van der Waals surface area contributed by atoms with E-state index in [1.807, 2.05) is 30.3 Å². The Morgan fingerprint density at radius 2 is 1.81 bits per heavy atom. The normalized spacial score (nSPS) is 12.2. The summed E-state index contributed by atoms with van der Waals surface area (Å²) in [7, 11) is 3.30. The number of hydrogen-bond donors (Lipinski definition) is 1. The monoisotopic (exact) mass is 354 g/mol. The Morgan fingerprint density at radius 3 is 2.54 bits per heavy atom. The summed E-state index contributed by atoms with van der Waals surface area (Å²) in [6.07, 6.45) is 0. The average molecular weight is 354 g/mol. The molecule has 1 heterocycles. The average Bonchev–Trinajstić information content (AvgIpc) is 2.66. The Labute approximate surface area is 152 Å². The fourth-order valence-corrected chi connectivity index (χ4v) is 3.12. The van der Waals surface area contributed by atoms with Crippen LogP contribution in [0.4, 0.5) is 0 Å². The lowest BCUT2D eigenvalue weighted by molar-refractivity contribution is -0.927. The summed E-state index contributed by atoms with van der Waals surface area (Å²) in [4.78, 5) is 13.3. The number of ether oxygens (including phenoxy) is 2. The lowest BCUT2D eigenvalue weighted by atomic mass is 10.1. The van der Waals surface area contributed by atoms with Crippen LogP contribution in [0.25, 0.3) is 11.0 Å². The Balaban J connectivity index is 1.91. The molecule has 1 unspecified atom stereocenters. The van der Waals surface area contributed by atoms with Gasteiger partial charge in [-0.05, 0) is 12.1 Å². The van der Waals surface area contributed by atoms with E-state index in [4.69, 9.17) is 13.9 Å². The molecule has 3 aromatic rings. The van der Waals surface area contributed by atoms with Crippen LogP contribution in [0, 0.1) is 0 Å². The minimum Gasteiger partial charge on any atom is -0.497 e. The van der Waals surface area contributed by atoms with Crippen LogP contribution in [0.3, 0.4) is 0 Å². The van der Waals surface area contributed by atoms with Gasteiger partial charge in [0.1, 0.15) is 31.0 Å². The van der Waals surface area contributed by atoms with Crippen LogP contribution >= 0.6 is 0 Å². The number of methoxy groups -OCH3 is 2. The van der Waals surface area contributed by atoms with E-state index < -0.39 is 0 Å². The molecule has 0 radical (unpaired) electrons. The molecule has 0 spiro atoms. The molecule has 5 nitrogen and oxygen atoms in total. The van der Waals surface area contributed by atoms with Crippen molar-refractivity contribution < 1.29 is 18.8 Å². The van der Waals surface area contributed by atoms with Crippen molar-refractivity contribution in [1.82, 2.24) is 0 Å². The molecule has 0 amide bonds. The molecule has 0 saturated carbocycles. The molecule has 2 aromatic carbocycles. The van der Waals surface area contributed by atoms with E-state index in [0.29, 0.717) is 24.5 Å². The fraction of sp³-hybridized carbons (Fsp3) is 0.286. The van der Waals surface area contributed by atoms with Crippen LogP contribution in [0.5, 0.6) is 5.75 Å². The fourth-order valence-electron chi connectivity index (χ4n) is 3.12. The smallest absolute Gasteiger partial charge is 0.336 e. The minimum absolute atomic E-state index is 0.341. The highest BCUT2D eigenvalue weighted by atomic mass is 16.5. The van der Waals surface area contributed by atoms with Crippen molar-refractivity contribution in [3.05, 3.63) is 76.1 Å². The largest absolute Gasteiger partial charge is 0.497 e. The molecular formula is C21H24NO4+. The number of nitrogens with one attached hydrogen (secondary N) is 1. The van der Waals surface area contributed by atoms with Gasteiger partial charge in [-0.15, -0.1) is 0 Å². The number of hydrogen-bond acceptors (Lipinski definition) is 4. The molecule has 0 aliphatic heterocycles. The van der Waals surface area contributed by atoms with E-state index in [1.165, 1.54) is 10.5 Å². The highest BCUT2D eigenvalue weighted by Gasteiger charge is 2.15. The molecule has 5 heteroatoms. The van der Waals surface area contributed by atoms with Crippen molar-refractivity contribution in [2.45, 2.75) is 13.1 Å². The first-order valence-corrected chi connectivity index (χ1v) is 8.67. The van der Waals surface area contributed by atoms with Gasteiger partial charge in [-0.1, -0.05) is 30.3 Å². The molecule has 0 fully saturated rings. The topological polar surface area (TPSA) is 53.1 Å².